The molecule has 30 heavy (non-hydrogen) atoms. The lowest BCUT2D eigenvalue weighted by Gasteiger charge is -2.22. The fraction of sp³-hybridized carbons (Fsp3) is 0.318. The highest BCUT2D eigenvalue weighted by Crippen LogP contribution is 2.40. The Labute approximate surface area is 181 Å². The van der Waals surface area contributed by atoms with Crippen LogP contribution >= 0.6 is 23.2 Å². The van der Waals surface area contributed by atoms with Gasteiger partial charge in [0.2, 0.25) is 5.91 Å². The Kier molecular flexibility index (Phi) is 5.98. The maximum absolute atomic E-state index is 13.3. The second-order valence-electron chi connectivity index (χ2n) is 8.22. The van der Waals surface area contributed by atoms with Crippen molar-refractivity contribution < 1.29 is 23.1 Å². The van der Waals surface area contributed by atoms with E-state index in [2.05, 4.69) is 5.32 Å². The number of carbonyl (C=O) groups is 1. The van der Waals surface area contributed by atoms with E-state index in [0.717, 1.165) is 12.1 Å². The SMILES string of the molecule is CC(C)(C)NC(=O)C[C@H](O)c1cc2c(Cl)cc(Cl)cc2c2cc(C(F)(F)F)ccc12. The number of rotatable bonds is 3. The van der Waals surface area contributed by atoms with Crippen molar-refractivity contribution in [3.63, 3.8) is 0 Å². The number of aliphatic hydroxyl groups is 1. The van der Waals surface area contributed by atoms with Gasteiger partial charge in [-0.1, -0.05) is 29.3 Å². The third-order valence-corrected chi connectivity index (χ3v) is 5.13. The molecule has 0 saturated carbocycles. The minimum absolute atomic E-state index is 0.240. The number of fused-ring (bicyclic) bond motifs is 3. The molecule has 0 unspecified atom stereocenters. The predicted octanol–water partition coefficient (Wildman–Crippen LogP) is 6.66. The summed E-state index contributed by atoms with van der Waals surface area (Å²) in [4.78, 5) is 12.3. The van der Waals surface area contributed by atoms with E-state index in [9.17, 15) is 23.1 Å². The smallest absolute Gasteiger partial charge is 0.388 e. The molecule has 3 nitrogen and oxygen atoms in total. The first-order valence-corrected chi connectivity index (χ1v) is 9.93. The van der Waals surface area contributed by atoms with Gasteiger partial charge in [0.05, 0.1) is 18.1 Å². The van der Waals surface area contributed by atoms with E-state index in [1.807, 2.05) is 20.8 Å². The Hall–Kier alpha value is -2.02. The van der Waals surface area contributed by atoms with Crippen LogP contribution in [-0.2, 0) is 11.0 Å². The second-order valence-corrected chi connectivity index (χ2v) is 9.07. The van der Waals surface area contributed by atoms with Crippen molar-refractivity contribution in [1.82, 2.24) is 5.32 Å². The van der Waals surface area contributed by atoms with E-state index in [1.54, 1.807) is 6.07 Å². The zero-order valence-corrected chi connectivity index (χ0v) is 18.0. The number of alkyl halides is 3. The van der Waals surface area contributed by atoms with E-state index in [-0.39, 0.29) is 27.8 Å². The van der Waals surface area contributed by atoms with E-state index in [1.165, 1.54) is 18.2 Å². The Balaban J connectivity index is 2.22. The number of hydrogen-bond donors (Lipinski definition) is 2. The molecule has 0 aliphatic rings. The molecule has 0 fully saturated rings. The van der Waals surface area contributed by atoms with Gasteiger partial charge in [0.15, 0.2) is 0 Å². The first-order valence-electron chi connectivity index (χ1n) is 9.18. The van der Waals surface area contributed by atoms with Crippen molar-refractivity contribution in [3.05, 3.63) is 57.6 Å². The van der Waals surface area contributed by atoms with E-state index in [0.29, 0.717) is 21.7 Å². The van der Waals surface area contributed by atoms with Gasteiger partial charge in [0, 0.05) is 21.0 Å². The average Bonchev–Trinajstić information content (AvgIpc) is 2.58. The van der Waals surface area contributed by atoms with Crippen LogP contribution in [0.25, 0.3) is 21.5 Å². The molecule has 3 rings (SSSR count). The molecule has 0 saturated heterocycles. The fourth-order valence-corrected chi connectivity index (χ4v) is 3.96. The van der Waals surface area contributed by atoms with Crippen LogP contribution < -0.4 is 5.32 Å². The third kappa shape index (κ3) is 4.82. The van der Waals surface area contributed by atoms with Gasteiger partial charge in [0.25, 0.3) is 0 Å². The van der Waals surface area contributed by atoms with Gasteiger partial charge in [-0.05, 0) is 72.8 Å². The van der Waals surface area contributed by atoms with E-state index < -0.39 is 23.4 Å². The number of amides is 1. The average molecular weight is 458 g/mol. The molecule has 0 bridgehead atoms. The number of halogens is 5. The van der Waals surface area contributed by atoms with Crippen molar-refractivity contribution in [1.29, 1.82) is 0 Å². The van der Waals surface area contributed by atoms with Gasteiger partial charge in [-0.15, -0.1) is 0 Å². The van der Waals surface area contributed by atoms with Gasteiger partial charge >= 0.3 is 6.18 Å². The summed E-state index contributed by atoms with van der Waals surface area (Å²) in [6, 6.07) is 7.87. The Morgan fingerprint density at radius 2 is 1.63 bits per heavy atom. The molecular formula is C22H20Cl2F3NO2. The topological polar surface area (TPSA) is 49.3 Å². The van der Waals surface area contributed by atoms with Crippen LogP contribution in [0.15, 0.2) is 36.4 Å². The molecule has 1 atom stereocenters. The fourth-order valence-electron chi connectivity index (χ4n) is 3.41. The highest BCUT2D eigenvalue weighted by atomic mass is 35.5. The Morgan fingerprint density at radius 1 is 1.00 bits per heavy atom. The molecule has 1 amide bonds. The Bertz CT molecular complexity index is 1140. The third-order valence-electron chi connectivity index (χ3n) is 4.59. The van der Waals surface area contributed by atoms with Gasteiger partial charge in [-0.3, -0.25) is 4.79 Å². The van der Waals surface area contributed by atoms with Crippen LogP contribution in [0, 0.1) is 0 Å². The summed E-state index contributed by atoms with van der Waals surface area (Å²) in [5, 5.41) is 15.6. The molecule has 0 radical (unpaired) electrons. The first-order chi connectivity index (χ1) is 13.8. The quantitative estimate of drug-likeness (QED) is 0.432. The molecule has 0 aliphatic carbocycles. The minimum atomic E-state index is -4.54. The molecule has 2 N–H and O–H groups in total. The van der Waals surface area contributed by atoms with Crippen LogP contribution in [0.3, 0.4) is 0 Å². The van der Waals surface area contributed by atoms with Crippen LogP contribution in [0.1, 0.15) is 44.4 Å². The molecule has 0 aromatic heterocycles. The van der Waals surface area contributed by atoms with Crippen LogP contribution in [0.5, 0.6) is 0 Å². The number of hydrogen-bond acceptors (Lipinski definition) is 2. The van der Waals surface area contributed by atoms with Crippen molar-refractivity contribution in [2.45, 2.75) is 45.0 Å². The largest absolute Gasteiger partial charge is 0.416 e. The summed E-state index contributed by atoms with van der Waals surface area (Å²) in [5.41, 5.74) is -0.992. The van der Waals surface area contributed by atoms with Crippen LogP contribution in [0.4, 0.5) is 13.2 Å². The molecule has 0 aliphatic heterocycles. The van der Waals surface area contributed by atoms with Gasteiger partial charge < -0.3 is 10.4 Å². The molecule has 0 spiro atoms. The standard InChI is InChI=1S/C22H20Cl2F3NO2/c1-21(2,3)28-20(30)10-19(29)17-9-16-15(7-12(23)8-18(16)24)14-6-11(22(25,26)27)4-5-13(14)17/h4-9,19,29H,10H2,1-3H3,(H,28,30)/t19-/m0/s1. The normalized spacial score (nSPS) is 13.6. The van der Waals surface area contributed by atoms with Crippen molar-refractivity contribution in [2.75, 3.05) is 0 Å². The van der Waals surface area contributed by atoms with Crippen molar-refractivity contribution in [2.24, 2.45) is 0 Å². The molecule has 0 heterocycles. The number of aliphatic hydroxyl groups excluding tert-OH is 1. The molecule has 160 valence electrons. The summed E-state index contributed by atoms with van der Waals surface area (Å²) in [6.07, 6.45) is -6.02. The molecular weight excluding hydrogens is 438 g/mol. The highest BCUT2D eigenvalue weighted by Gasteiger charge is 2.31. The summed E-state index contributed by atoms with van der Waals surface area (Å²) >= 11 is 12.4. The molecule has 8 heteroatoms. The highest BCUT2D eigenvalue weighted by molar-refractivity contribution is 6.39. The van der Waals surface area contributed by atoms with Gasteiger partial charge in [-0.2, -0.15) is 13.2 Å². The lowest BCUT2D eigenvalue weighted by Crippen LogP contribution is -2.41. The van der Waals surface area contributed by atoms with Crippen molar-refractivity contribution in [3.8, 4) is 0 Å². The summed E-state index contributed by atoms with van der Waals surface area (Å²) < 4.78 is 39.9. The number of nitrogens with one attached hydrogen (secondary N) is 1. The summed E-state index contributed by atoms with van der Waals surface area (Å²) in [5.74, 6) is -0.377. The molecule has 3 aromatic carbocycles. The number of benzene rings is 3. The lowest BCUT2D eigenvalue weighted by atomic mass is 9.92. The summed E-state index contributed by atoms with van der Waals surface area (Å²) in [6.45, 7) is 5.43. The van der Waals surface area contributed by atoms with Gasteiger partial charge in [0.1, 0.15) is 0 Å². The predicted molar refractivity (Wildman–Crippen MR) is 114 cm³/mol. The Morgan fingerprint density at radius 3 is 2.23 bits per heavy atom. The minimum Gasteiger partial charge on any atom is -0.388 e. The first kappa shape index (κ1) is 22.7. The van der Waals surface area contributed by atoms with Crippen molar-refractivity contribution >= 4 is 50.7 Å². The lowest BCUT2D eigenvalue weighted by molar-refractivity contribution is -0.137. The summed E-state index contributed by atoms with van der Waals surface area (Å²) in [7, 11) is 0. The van der Waals surface area contributed by atoms with Crippen LogP contribution in [0.2, 0.25) is 10.0 Å². The maximum Gasteiger partial charge on any atom is 0.416 e. The zero-order chi connectivity index (χ0) is 22.4. The molecule has 3 aromatic rings. The van der Waals surface area contributed by atoms with E-state index >= 15 is 0 Å². The zero-order valence-electron chi connectivity index (χ0n) is 16.5. The monoisotopic (exact) mass is 457 g/mol. The number of carbonyl (C=O) groups excluding carboxylic acids is 1. The maximum atomic E-state index is 13.3. The second kappa shape index (κ2) is 7.91. The van der Waals surface area contributed by atoms with Crippen LogP contribution in [-0.4, -0.2) is 16.6 Å². The van der Waals surface area contributed by atoms with E-state index in [4.69, 9.17) is 23.2 Å². The van der Waals surface area contributed by atoms with Gasteiger partial charge in [-0.25, -0.2) is 0 Å².